The zero-order valence-corrected chi connectivity index (χ0v) is 16.7. The topological polar surface area (TPSA) is 47.6 Å². The van der Waals surface area contributed by atoms with E-state index < -0.39 is 0 Å². The van der Waals surface area contributed by atoms with Crippen molar-refractivity contribution in [1.29, 1.82) is 0 Å². The van der Waals surface area contributed by atoms with Crippen molar-refractivity contribution in [2.45, 2.75) is 45.2 Å². The number of nitrogens with zero attached hydrogens (tertiary/aromatic N) is 4. The average molecular weight is 364 g/mol. The summed E-state index contributed by atoms with van der Waals surface area (Å²) in [6.45, 7) is 12.5. The van der Waals surface area contributed by atoms with Gasteiger partial charge in [-0.1, -0.05) is 6.92 Å². The third-order valence-electron chi connectivity index (χ3n) is 6.16. The molecule has 3 heterocycles. The van der Waals surface area contributed by atoms with Gasteiger partial charge in [-0.05, 0) is 63.8 Å². The highest BCUT2D eigenvalue weighted by Gasteiger charge is 2.27. The molecule has 2 aliphatic rings. The molecule has 0 saturated carbocycles. The Bertz CT molecular complexity index is 486. The van der Waals surface area contributed by atoms with Gasteiger partial charge in [-0.15, -0.1) is 0 Å². The van der Waals surface area contributed by atoms with E-state index in [2.05, 4.69) is 37.9 Å². The van der Waals surface area contributed by atoms with Crippen LogP contribution in [0.5, 0.6) is 0 Å². The first-order valence-corrected chi connectivity index (χ1v) is 10.4. The lowest BCUT2D eigenvalue weighted by Crippen LogP contribution is -2.44. The van der Waals surface area contributed by atoms with Crippen LogP contribution in [0.1, 0.15) is 38.3 Å². The third kappa shape index (κ3) is 5.78. The fourth-order valence-electron chi connectivity index (χ4n) is 4.61. The molecule has 0 radical (unpaired) electrons. The van der Waals surface area contributed by atoms with Crippen LogP contribution in [-0.4, -0.2) is 90.5 Å². The van der Waals surface area contributed by atoms with Gasteiger partial charge in [0.25, 0.3) is 0 Å². The molecular weight excluding hydrogens is 326 g/mol. The molecule has 26 heavy (non-hydrogen) atoms. The third-order valence-corrected chi connectivity index (χ3v) is 6.16. The first kappa shape index (κ1) is 19.8. The van der Waals surface area contributed by atoms with Crippen LogP contribution in [0.25, 0.3) is 0 Å². The molecule has 2 aliphatic heterocycles. The van der Waals surface area contributed by atoms with E-state index in [0.29, 0.717) is 0 Å². The van der Waals surface area contributed by atoms with E-state index in [-0.39, 0.29) is 0 Å². The van der Waals surface area contributed by atoms with Crippen molar-refractivity contribution in [3.8, 4) is 0 Å². The number of hydrogen-bond acceptors (Lipinski definition) is 5. The van der Waals surface area contributed by atoms with Crippen molar-refractivity contribution in [2.24, 2.45) is 5.92 Å². The van der Waals surface area contributed by atoms with Crippen molar-refractivity contribution < 1.29 is 4.74 Å². The maximum absolute atomic E-state index is 5.23. The Morgan fingerprint density at radius 2 is 2.08 bits per heavy atom. The quantitative estimate of drug-likeness (QED) is 0.689. The monoisotopic (exact) mass is 363 g/mol. The van der Waals surface area contributed by atoms with E-state index in [0.717, 1.165) is 31.7 Å². The summed E-state index contributed by atoms with van der Waals surface area (Å²) in [6, 6.07) is 2.84. The number of piperidine rings is 1. The summed E-state index contributed by atoms with van der Waals surface area (Å²) in [6.07, 6.45) is 7.20. The van der Waals surface area contributed by atoms with Crippen molar-refractivity contribution in [3.05, 3.63) is 18.0 Å². The molecule has 2 saturated heterocycles. The fourth-order valence-corrected chi connectivity index (χ4v) is 4.61. The van der Waals surface area contributed by atoms with E-state index in [1.165, 1.54) is 70.6 Å². The lowest BCUT2D eigenvalue weighted by atomic mass is 9.95. The molecule has 1 atom stereocenters. The number of aromatic amines is 1. The second kappa shape index (κ2) is 10.4. The fraction of sp³-hybridized carbons (Fsp3) is 0.850. The summed E-state index contributed by atoms with van der Waals surface area (Å²) in [5.41, 5.74) is 1.24. The highest BCUT2D eigenvalue weighted by atomic mass is 16.5. The van der Waals surface area contributed by atoms with Crippen LogP contribution in [0, 0.1) is 5.92 Å². The molecular formula is C20H37N5O. The predicted octanol–water partition coefficient (Wildman–Crippen LogP) is 2.05. The second-order valence-electron chi connectivity index (χ2n) is 7.98. The molecule has 0 aliphatic carbocycles. The lowest BCUT2D eigenvalue weighted by molar-refractivity contribution is 0.0960. The maximum Gasteiger partial charge on any atom is 0.0589 e. The second-order valence-corrected chi connectivity index (χ2v) is 7.98. The summed E-state index contributed by atoms with van der Waals surface area (Å²) < 4.78 is 5.23. The van der Waals surface area contributed by atoms with E-state index in [1.807, 2.05) is 6.20 Å². The summed E-state index contributed by atoms with van der Waals surface area (Å²) in [5.74, 6) is 0.813. The Balaban J connectivity index is 1.52. The predicted molar refractivity (Wildman–Crippen MR) is 105 cm³/mol. The van der Waals surface area contributed by atoms with Gasteiger partial charge in [-0.3, -0.25) is 14.9 Å². The number of likely N-dealkylation sites (tertiary alicyclic amines) is 2. The van der Waals surface area contributed by atoms with Crippen LogP contribution in [-0.2, 0) is 11.3 Å². The number of hydrogen-bond donors (Lipinski definition) is 1. The summed E-state index contributed by atoms with van der Waals surface area (Å²) in [5, 5.41) is 7.30. The minimum atomic E-state index is 0.727. The van der Waals surface area contributed by atoms with E-state index in [4.69, 9.17) is 4.74 Å². The average Bonchev–Trinajstić information content (AvgIpc) is 3.33. The Kier molecular flexibility index (Phi) is 7.92. The molecule has 0 bridgehead atoms. The van der Waals surface area contributed by atoms with Crippen LogP contribution in [0.3, 0.4) is 0 Å². The van der Waals surface area contributed by atoms with E-state index >= 15 is 0 Å². The minimum Gasteiger partial charge on any atom is -0.383 e. The maximum atomic E-state index is 5.23. The highest BCUT2D eigenvalue weighted by molar-refractivity contribution is 4.98. The van der Waals surface area contributed by atoms with Crippen molar-refractivity contribution in [3.63, 3.8) is 0 Å². The number of aromatic nitrogens is 2. The molecule has 0 amide bonds. The minimum absolute atomic E-state index is 0.727. The van der Waals surface area contributed by atoms with Crippen LogP contribution in [0.4, 0.5) is 0 Å². The van der Waals surface area contributed by atoms with Gasteiger partial charge < -0.3 is 9.64 Å². The smallest absolute Gasteiger partial charge is 0.0589 e. The van der Waals surface area contributed by atoms with Gasteiger partial charge in [-0.2, -0.15) is 5.10 Å². The van der Waals surface area contributed by atoms with Gasteiger partial charge in [-0.25, -0.2) is 0 Å². The number of ether oxygens (including phenoxy) is 1. The zero-order valence-electron chi connectivity index (χ0n) is 16.7. The summed E-state index contributed by atoms with van der Waals surface area (Å²) in [7, 11) is 1.79. The van der Waals surface area contributed by atoms with Gasteiger partial charge in [0.1, 0.15) is 0 Å². The van der Waals surface area contributed by atoms with E-state index in [9.17, 15) is 0 Å². The summed E-state index contributed by atoms with van der Waals surface area (Å²) >= 11 is 0. The molecule has 148 valence electrons. The molecule has 1 aromatic rings. The number of H-pyrrole nitrogens is 1. The van der Waals surface area contributed by atoms with Crippen molar-refractivity contribution in [1.82, 2.24) is 24.9 Å². The first-order chi connectivity index (χ1) is 12.8. The van der Waals surface area contributed by atoms with E-state index in [1.54, 1.807) is 7.11 Å². The van der Waals surface area contributed by atoms with Crippen LogP contribution < -0.4 is 0 Å². The SMILES string of the molecule is CCN1CCC[C@H]1CN(Cc1ccn[nH]1)CC1CCN(CCOC)CC1. The highest BCUT2D eigenvalue weighted by Crippen LogP contribution is 2.22. The molecule has 0 spiro atoms. The zero-order chi connectivity index (χ0) is 18.2. The van der Waals surface area contributed by atoms with Crippen LogP contribution in [0.2, 0.25) is 0 Å². The van der Waals surface area contributed by atoms with Gasteiger partial charge in [0.2, 0.25) is 0 Å². The van der Waals surface area contributed by atoms with Gasteiger partial charge >= 0.3 is 0 Å². The van der Waals surface area contributed by atoms with Crippen molar-refractivity contribution in [2.75, 3.05) is 59.5 Å². The standard InChI is InChI=1S/C20H37N5O/c1-3-25-10-4-5-20(25)17-24(16-19-6-9-21-22-19)15-18-7-11-23(12-8-18)13-14-26-2/h6,9,18,20H,3-5,7-8,10-17H2,1-2H3,(H,21,22)/t20-/m0/s1. The molecule has 1 aromatic heterocycles. The van der Waals surface area contributed by atoms with Crippen LogP contribution >= 0.6 is 0 Å². The normalized spacial score (nSPS) is 23.3. The van der Waals surface area contributed by atoms with Gasteiger partial charge in [0.05, 0.1) is 6.61 Å². The van der Waals surface area contributed by atoms with Gasteiger partial charge in [0.15, 0.2) is 0 Å². The number of rotatable bonds is 10. The van der Waals surface area contributed by atoms with Crippen molar-refractivity contribution >= 4 is 0 Å². The Morgan fingerprint density at radius 1 is 1.23 bits per heavy atom. The summed E-state index contributed by atoms with van der Waals surface area (Å²) in [4.78, 5) is 7.89. The van der Waals surface area contributed by atoms with Crippen LogP contribution in [0.15, 0.2) is 12.3 Å². The number of nitrogens with one attached hydrogen (secondary N) is 1. The Morgan fingerprint density at radius 3 is 2.77 bits per heavy atom. The van der Waals surface area contributed by atoms with Gasteiger partial charge in [0, 0.05) is 51.2 Å². The molecule has 0 unspecified atom stereocenters. The molecule has 1 N–H and O–H groups in total. The molecule has 6 heteroatoms. The number of likely N-dealkylation sites (N-methyl/N-ethyl adjacent to an activating group) is 1. The first-order valence-electron chi connectivity index (χ1n) is 10.4. The molecule has 0 aromatic carbocycles. The molecule has 3 rings (SSSR count). The molecule has 6 nitrogen and oxygen atoms in total. The Labute approximate surface area is 158 Å². The lowest BCUT2D eigenvalue weighted by Gasteiger charge is -2.36. The number of methoxy groups -OCH3 is 1. The Hall–Kier alpha value is -0.950. The largest absolute Gasteiger partial charge is 0.383 e. The molecule has 2 fully saturated rings.